The van der Waals surface area contributed by atoms with E-state index in [1.807, 2.05) is 19.1 Å². The highest BCUT2D eigenvalue weighted by Gasteiger charge is 2.22. The van der Waals surface area contributed by atoms with E-state index in [0.29, 0.717) is 19.0 Å². The van der Waals surface area contributed by atoms with Crippen LogP contribution in [-0.4, -0.2) is 32.3 Å². The topological polar surface area (TPSA) is 57.3 Å². The molecular formula is C12H14O5. The smallest absolute Gasteiger partial charge is 0.407 e. The summed E-state index contributed by atoms with van der Waals surface area (Å²) >= 11 is 0. The fourth-order valence-corrected chi connectivity index (χ4v) is 1.17. The third kappa shape index (κ3) is 4.42. The van der Waals surface area contributed by atoms with Gasteiger partial charge in [-0.3, -0.25) is 0 Å². The molecule has 1 aliphatic heterocycles. The maximum absolute atomic E-state index is 11.2. The maximum atomic E-state index is 11.2. The lowest BCUT2D eigenvalue weighted by Crippen LogP contribution is -2.14. The maximum Gasteiger partial charge on any atom is 0.515 e. The molecule has 0 amide bonds. The van der Waals surface area contributed by atoms with Crippen LogP contribution in [0.15, 0.2) is 24.3 Å². The fraction of sp³-hybridized carbons (Fsp3) is 0.417. The molecule has 1 aromatic carbocycles. The SMILES string of the molecule is Cc1ccc(OC(=O)OCOCC2CO2)cc1. The van der Waals surface area contributed by atoms with E-state index >= 15 is 0 Å². The van der Waals surface area contributed by atoms with Gasteiger partial charge in [-0.25, -0.2) is 4.79 Å². The van der Waals surface area contributed by atoms with Crippen molar-refractivity contribution in [3.05, 3.63) is 29.8 Å². The van der Waals surface area contributed by atoms with Gasteiger partial charge >= 0.3 is 6.16 Å². The fourth-order valence-electron chi connectivity index (χ4n) is 1.17. The van der Waals surface area contributed by atoms with Crippen LogP contribution in [0.5, 0.6) is 5.75 Å². The van der Waals surface area contributed by atoms with Gasteiger partial charge in [0.15, 0.2) is 6.79 Å². The van der Waals surface area contributed by atoms with E-state index in [-0.39, 0.29) is 12.9 Å². The van der Waals surface area contributed by atoms with Crippen LogP contribution in [0.2, 0.25) is 0 Å². The third-order valence-corrected chi connectivity index (χ3v) is 2.19. The first-order valence-electron chi connectivity index (χ1n) is 5.34. The van der Waals surface area contributed by atoms with Gasteiger partial charge in [-0.05, 0) is 19.1 Å². The molecule has 1 aromatic rings. The van der Waals surface area contributed by atoms with Crippen molar-refractivity contribution in [2.75, 3.05) is 20.0 Å². The van der Waals surface area contributed by atoms with Crippen molar-refractivity contribution in [3.63, 3.8) is 0 Å². The summed E-state index contributed by atoms with van der Waals surface area (Å²) in [6.45, 7) is 2.99. The quantitative estimate of drug-likeness (QED) is 0.258. The van der Waals surface area contributed by atoms with Gasteiger partial charge in [0.25, 0.3) is 0 Å². The minimum Gasteiger partial charge on any atom is -0.407 e. The Bertz CT molecular complexity index is 369. The van der Waals surface area contributed by atoms with Crippen LogP contribution < -0.4 is 4.74 Å². The zero-order valence-corrected chi connectivity index (χ0v) is 9.55. The molecule has 0 aromatic heterocycles. The van der Waals surface area contributed by atoms with Gasteiger partial charge in [0.2, 0.25) is 0 Å². The summed E-state index contributed by atoms with van der Waals surface area (Å²) in [4.78, 5) is 11.2. The molecule has 17 heavy (non-hydrogen) atoms. The van der Waals surface area contributed by atoms with Crippen LogP contribution in [0.4, 0.5) is 4.79 Å². The molecule has 1 fully saturated rings. The van der Waals surface area contributed by atoms with Crippen molar-refractivity contribution < 1.29 is 23.7 Å². The predicted molar refractivity (Wildman–Crippen MR) is 58.8 cm³/mol. The number of epoxide rings is 1. The van der Waals surface area contributed by atoms with Crippen molar-refractivity contribution in [2.45, 2.75) is 13.0 Å². The van der Waals surface area contributed by atoms with Crippen LogP contribution in [0.3, 0.4) is 0 Å². The Hall–Kier alpha value is -1.59. The second-order valence-electron chi connectivity index (χ2n) is 3.75. The molecule has 5 nitrogen and oxygen atoms in total. The van der Waals surface area contributed by atoms with Gasteiger partial charge in [-0.1, -0.05) is 17.7 Å². The number of hydrogen-bond acceptors (Lipinski definition) is 5. The van der Waals surface area contributed by atoms with Gasteiger partial charge in [0.05, 0.1) is 13.2 Å². The van der Waals surface area contributed by atoms with Gasteiger partial charge in [-0.15, -0.1) is 0 Å². The first-order chi connectivity index (χ1) is 8.24. The average molecular weight is 238 g/mol. The van der Waals surface area contributed by atoms with Gasteiger partial charge in [0, 0.05) is 0 Å². The molecule has 0 aliphatic carbocycles. The Balaban J connectivity index is 1.63. The average Bonchev–Trinajstić information content (AvgIpc) is 3.12. The second kappa shape index (κ2) is 5.65. The monoisotopic (exact) mass is 238 g/mol. The van der Waals surface area contributed by atoms with E-state index in [4.69, 9.17) is 18.9 Å². The highest BCUT2D eigenvalue weighted by Crippen LogP contribution is 2.12. The first-order valence-corrected chi connectivity index (χ1v) is 5.34. The molecule has 1 unspecified atom stereocenters. The van der Waals surface area contributed by atoms with Crippen molar-refractivity contribution in [2.24, 2.45) is 0 Å². The number of aryl methyl sites for hydroxylation is 1. The van der Waals surface area contributed by atoms with Crippen LogP contribution in [0, 0.1) is 6.92 Å². The lowest BCUT2D eigenvalue weighted by molar-refractivity contribution is -0.0346. The molecule has 0 N–H and O–H groups in total. The second-order valence-corrected chi connectivity index (χ2v) is 3.75. The number of hydrogen-bond donors (Lipinski definition) is 0. The number of rotatable bonds is 5. The Kier molecular flexibility index (Phi) is 3.95. The molecular weight excluding hydrogens is 224 g/mol. The Labute approximate surface area is 99.2 Å². The number of benzene rings is 1. The molecule has 1 saturated heterocycles. The molecule has 2 rings (SSSR count). The molecule has 0 saturated carbocycles. The van der Waals surface area contributed by atoms with Gasteiger partial charge in [0.1, 0.15) is 11.9 Å². The Morgan fingerprint density at radius 3 is 2.76 bits per heavy atom. The summed E-state index contributed by atoms with van der Waals surface area (Å²) < 4.78 is 19.6. The van der Waals surface area contributed by atoms with E-state index in [2.05, 4.69) is 0 Å². The van der Waals surface area contributed by atoms with Crippen molar-refractivity contribution in [3.8, 4) is 5.75 Å². The summed E-state index contributed by atoms with van der Waals surface area (Å²) in [5, 5.41) is 0. The molecule has 1 aliphatic rings. The minimum atomic E-state index is -0.773. The van der Waals surface area contributed by atoms with Crippen LogP contribution in [0.25, 0.3) is 0 Å². The van der Waals surface area contributed by atoms with Crippen LogP contribution in [0.1, 0.15) is 5.56 Å². The lowest BCUT2D eigenvalue weighted by Gasteiger charge is -2.06. The summed E-state index contributed by atoms with van der Waals surface area (Å²) in [6.07, 6.45) is -0.614. The molecule has 0 bridgehead atoms. The largest absolute Gasteiger partial charge is 0.515 e. The lowest BCUT2D eigenvalue weighted by atomic mass is 10.2. The molecule has 0 spiro atoms. The standard InChI is InChI=1S/C12H14O5/c1-9-2-4-10(5-3-9)17-12(13)16-8-14-6-11-7-15-11/h2-5,11H,6-8H2,1H3. The molecule has 0 radical (unpaired) electrons. The zero-order valence-electron chi connectivity index (χ0n) is 9.55. The van der Waals surface area contributed by atoms with E-state index in [1.165, 1.54) is 0 Å². The molecule has 5 heteroatoms. The Morgan fingerprint density at radius 1 is 1.41 bits per heavy atom. The van der Waals surface area contributed by atoms with Crippen LogP contribution in [-0.2, 0) is 14.2 Å². The highest BCUT2D eigenvalue weighted by atomic mass is 16.8. The van der Waals surface area contributed by atoms with Crippen molar-refractivity contribution >= 4 is 6.16 Å². The normalized spacial score (nSPS) is 17.6. The van der Waals surface area contributed by atoms with E-state index < -0.39 is 6.16 Å². The molecule has 1 heterocycles. The number of carbonyl (C=O) groups excluding carboxylic acids is 1. The first kappa shape index (κ1) is 11.9. The zero-order chi connectivity index (χ0) is 12.1. The minimum absolute atomic E-state index is 0.120. The Morgan fingerprint density at radius 2 is 2.12 bits per heavy atom. The third-order valence-electron chi connectivity index (χ3n) is 2.19. The highest BCUT2D eigenvalue weighted by molar-refractivity contribution is 5.63. The van der Waals surface area contributed by atoms with Crippen LogP contribution >= 0.6 is 0 Å². The number of ether oxygens (including phenoxy) is 4. The number of carbonyl (C=O) groups is 1. The van der Waals surface area contributed by atoms with E-state index in [0.717, 1.165) is 5.56 Å². The summed E-state index contributed by atoms with van der Waals surface area (Å²) in [6, 6.07) is 7.11. The summed E-state index contributed by atoms with van der Waals surface area (Å²) in [5.41, 5.74) is 1.10. The summed E-state index contributed by atoms with van der Waals surface area (Å²) in [7, 11) is 0. The summed E-state index contributed by atoms with van der Waals surface area (Å²) in [5.74, 6) is 0.450. The molecule has 1 atom stereocenters. The van der Waals surface area contributed by atoms with Gasteiger partial charge < -0.3 is 18.9 Å². The van der Waals surface area contributed by atoms with Crippen molar-refractivity contribution in [1.82, 2.24) is 0 Å². The van der Waals surface area contributed by atoms with Gasteiger partial charge in [-0.2, -0.15) is 0 Å². The molecule has 92 valence electrons. The van der Waals surface area contributed by atoms with E-state index in [1.54, 1.807) is 12.1 Å². The predicted octanol–water partition coefficient (Wildman–Crippen LogP) is 1.88. The van der Waals surface area contributed by atoms with E-state index in [9.17, 15) is 4.79 Å². The van der Waals surface area contributed by atoms with Crippen molar-refractivity contribution in [1.29, 1.82) is 0 Å².